The van der Waals surface area contributed by atoms with Crippen LogP contribution >= 0.6 is 24.0 Å². The molecule has 1 aromatic carbocycles. The maximum absolute atomic E-state index is 13.0. The molecule has 0 aromatic heterocycles. The highest BCUT2D eigenvalue weighted by atomic mass is 127. The van der Waals surface area contributed by atoms with Gasteiger partial charge in [-0.2, -0.15) is 13.2 Å². The minimum atomic E-state index is -4.31. The Bertz CT molecular complexity index is 679. The number of guanidine groups is 1. The second-order valence-corrected chi connectivity index (χ2v) is 8.18. The van der Waals surface area contributed by atoms with E-state index in [1.165, 1.54) is 12.1 Å². The Hall–Kier alpha value is -1.07. The van der Waals surface area contributed by atoms with E-state index >= 15 is 0 Å². The summed E-state index contributed by atoms with van der Waals surface area (Å²) in [6.07, 6.45) is -0.427. The monoisotopic (exact) mass is 570 g/mol. The first-order chi connectivity index (χ1) is 14.8. The van der Waals surface area contributed by atoms with E-state index in [4.69, 9.17) is 4.74 Å². The number of benzene rings is 1. The third-order valence-electron chi connectivity index (χ3n) is 5.71. The van der Waals surface area contributed by atoms with Gasteiger partial charge in [0.15, 0.2) is 5.96 Å². The number of hydrogen-bond donors (Lipinski definition) is 2. The van der Waals surface area contributed by atoms with Gasteiger partial charge in [-0.15, -0.1) is 24.0 Å². The lowest BCUT2D eigenvalue weighted by Crippen LogP contribution is -2.48. The zero-order valence-electron chi connectivity index (χ0n) is 19.4. The van der Waals surface area contributed by atoms with Crippen LogP contribution in [0, 0.1) is 0 Å². The molecule has 1 aliphatic rings. The van der Waals surface area contributed by atoms with Gasteiger partial charge in [0, 0.05) is 52.5 Å². The van der Waals surface area contributed by atoms with Crippen molar-refractivity contribution in [1.82, 2.24) is 15.5 Å². The van der Waals surface area contributed by atoms with Gasteiger partial charge in [0.2, 0.25) is 0 Å². The largest absolute Gasteiger partial charge is 0.416 e. The van der Waals surface area contributed by atoms with Crippen LogP contribution in [0.3, 0.4) is 0 Å². The van der Waals surface area contributed by atoms with Gasteiger partial charge in [0.1, 0.15) is 0 Å². The van der Waals surface area contributed by atoms with E-state index in [0.717, 1.165) is 64.1 Å². The van der Waals surface area contributed by atoms with Gasteiger partial charge in [0.25, 0.3) is 0 Å². The lowest BCUT2D eigenvalue weighted by Gasteiger charge is -2.33. The topological polar surface area (TPSA) is 48.9 Å². The summed E-state index contributed by atoms with van der Waals surface area (Å²) in [6, 6.07) is 5.99. The summed E-state index contributed by atoms with van der Waals surface area (Å²) in [4.78, 5) is 7.14. The number of hydrogen-bond acceptors (Lipinski definition) is 3. The highest BCUT2D eigenvalue weighted by Gasteiger charge is 2.30. The van der Waals surface area contributed by atoms with Crippen LogP contribution in [0.5, 0.6) is 0 Å². The molecule has 0 bridgehead atoms. The summed E-state index contributed by atoms with van der Waals surface area (Å²) in [6.45, 7) is 9.30. The zero-order valence-corrected chi connectivity index (χ0v) is 21.7. The first kappa shape index (κ1) is 29.0. The zero-order chi connectivity index (χ0) is 22.7. The van der Waals surface area contributed by atoms with Crippen LogP contribution in [0.25, 0.3) is 0 Å². The van der Waals surface area contributed by atoms with Crippen molar-refractivity contribution < 1.29 is 17.9 Å². The highest BCUT2D eigenvalue weighted by molar-refractivity contribution is 14.0. The molecule has 0 saturated carbocycles. The summed E-state index contributed by atoms with van der Waals surface area (Å²) in [5.41, 5.74) is 0.104. The number of likely N-dealkylation sites (tertiary alicyclic amines) is 1. The first-order valence-electron chi connectivity index (χ1n) is 11.3. The number of nitrogens with zero attached hydrogens (tertiary/aromatic N) is 2. The standard InChI is InChI=1S/C23H37F3N4O.HI/c1-4-27-22(29-21-10-14-30(15-11-21)13-6-16-31-3)28-12-9-18(2)19-7-5-8-20(17-19)23(24,25)26;/h5,7-8,17-18,21H,4,6,9-16H2,1-3H3,(H2,27,28,29);1H. The van der Waals surface area contributed by atoms with Crippen molar-refractivity contribution in [3.63, 3.8) is 0 Å². The third kappa shape index (κ3) is 10.2. The fourth-order valence-corrected chi connectivity index (χ4v) is 3.80. The highest BCUT2D eigenvalue weighted by Crippen LogP contribution is 2.31. The molecule has 2 rings (SSSR count). The molecule has 184 valence electrons. The Morgan fingerprint density at radius 2 is 2.00 bits per heavy atom. The van der Waals surface area contributed by atoms with Crippen LogP contribution < -0.4 is 10.6 Å². The molecular formula is C23H38F3IN4O. The summed E-state index contributed by atoms with van der Waals surface area (Å²) in [7, 11) is 1.73. The van der Waals surface area contributed by atoms with E-state index < -0.39 is 11.7 Å². The van der Waals surface area contributed by atoms with Crippen molar-refractivity contribution in [1.29, 1.82) is 0 Å². The first-order valence-corrected chi connectivity index (χ1v) is 11.3. The average Bonchev–Trinajstić information content (AvgIpc) is 2.74. The number of piperidine rings is 1. The minimum Gasteiger partial charge on any atom is -0.385 e. The Morgan fingerprint density at radius 3 is 2.62 bits per heavy atom. The summed E-state index contributed by atoms with van der Waals surface area (Å²) in [5, 5.41) is 6.81. The number of nitrogens with one attached hydrogen (secondary N) is 2. The number of methoxy groups -OCH3 is 1. The molecule has 0 spiro atoms. The number of rotatable bonds is 10. The van der Waals surface area contributed by atoms with Gasteiger partial charge >= 0.3 is 6.18 Å². The molecule has 32 heavy (non-hydrogen) atoms. The SMILES string of the molecule is CCNC(=NCCC(C)c1cccc(C(F)(F)F)c1)NC1CCN(CCCOC)CC1.I. The smallest absolute Gasteiger partial charge is 0.385 e. The molecule has 9 heteroatoms. The van der Waals surface area contributed by atoms with E-state index in [9.17, 15) is 13.2 Å². The maximum Gasteiger partial charge on any atom is 0.416 e. The van der Waals surface area contributed by atoms with Crippen molar-refractivity contribution in [2.75, 3.05) is 46.4 Å². The fraction of sp³-hybridized carbons (Fsp3) is 0.696. The molecule has 1 atom stereocenters. The summed E-state index contributed by atoms with van der Waals surface area (Å²) in [5.74, 6) is 0.792. The fourth-order valence-electron chi connectivity index (χ4n) is 3.80. The molecule has 0 aliphatic carbocycles. The molecule has 0 radical (unpaired) electrons. The van der Waals surface area contributed by atoms with E-state index in [1.807, 2.05) is 13.8 Å². The van der Waals surface area contributed by atoms with Crippen LogP contribution in [0.15, 0.2) is 29.3 Å². The van der Waals surface area contributed by atoms with Crippen LogP contribution in [0.2, 0.25) is 0 Å². The summed E-state index contributed by atoms with van der Waals surface area (Å²) >= 11 is 0. The number of ether oxygens (including phenoxy) is 1. The average molecular weight is 570 g/mol. The van der Waals surface area contributed by atoms with Crippen molar-refractivity contribution >= 4 is 29.9 Å². The van der Waals surface area contributed by atoms with Gasteiger partial charge < -0.3 is 20.3 Å². The van der Waals surface area contributed by atoms with Crippen LogP contribution in [-0.4, -0.2) is 63.3 Å². The quantitative estimate of drug-likeness (QED) is 0.183. The molecule has 1 unspecified atom stereocenters. The van der Waals surface area contributed by atoms with Crippen LogP contribution in [0.4, 0.5) is 13.2 Å². The van der Waals surface area contributed by atoms with E-state index in [2.05, 4.69) is 20.5 Å². The number of aliphatic imine (C=N–C) groups is 1. The molecule has 1 fully saturated rings. The van der Waals surface area contributed by atoms with Crippen molar-refractivity contribution in [2.45, 2.75) is 57.7 Å². The maximum atomic E-state index is 13.0. The summed E-state index contributed by atoms with van der Waals surface area (Å²) < 4.78 is 44.0. The van der Waals surface area contributed by atoms with Gasteiger partial charge in [-0.3, -0.25) is 4.99 Å². The second-order valence-electron chi connectivity index (χ2n) is 8.18. The lowest BCUT2D eigenvalue weighted by atomic mass is 9.96. The molecular weight excluding hydrogens is 532 g/mol. The second kappa shape index (κ2) is 15.0. The number of alkyl halides is 3. The number of halogens is 4. The van der Waals surface area contributed by atoms with Gasteiger partial charge in [0.05, 0.1) is 5.56 Å². The van der Waals surface area contributed by atoms with Gasteiger partial charge in [-0.25, -0.2) is 0 Å². The molecule has 2 N–H and O–H groups in total. The van der Waals surface area contributed by atoms with Crippen LogP contribution in [-0.2, 0) is 10.9 Å². The molecule has 1 aliphatic heterocycles. The Labute approximate surface area is 207 Å². The predicted molar refractivity (Wildman–Crippen MR) is 135 cm³/mol. The van der Waals surface area contributed by atoms with Crippen LogP contribution in [0.1, 0.15) is 56.6 Å². The molecule has 1 aromatic rings. The molecule has 0 amide bonds. The minimum absolute atomic E-state index is 0. The van der Waals surface area contributed by atoms with E-state index in [-0.39, 0.29) is 29.9 Å². The molecule has 1 heterocycles. The van der Waals surface area contributed by atoms with Gasteiger partial charge in [-0.1, -0.05) is 25.1 Å². The van der Waals surface area contributed by atoms with E-state index in [1.54, 1.807) is 13.2 Å². The Kier molecular flexibility index (Phi) is 13.5. The third-order valence-corrected chi connectivity index (χ3v) is 5.71. The molecule has 1 saturated heterocycles. The Morgan fingerprint density at radius 1 is 1.28 bits per heavy atom. The Balaban J connectivity index is 0.00000512. The van der Waals surface area contributed by atoms with Crippen molar-refractivity contribution in [3.8, 4) is 0 Å². The predicted octanol–water partition coefficient (Wildman–Crippen LogP) is 4.87. The van der Waals surface area contributed by atoms with Crippen molar-refractivity contribution in [2.24, 2.45) is 4.99 Å². The normalized spacial score (nSPS) is 17.0. The molecule has 5 nitrogen and oxygen atoms in total. The van der Waals surface area contributed by atoms with Gasteiger partial charge in [-0.05, 0) is 50.2 Å². The van der Waals surface area contributed by atoms with Crippen molar-refractivity contribution in [3.05, 3.63) is 35.4 Å². The van der Waals surface area contributed by atoms with E-state index in [0.29, 0.717) is 24.6 Å². The lowest BCUT2D eigenvalue weighted by molar-refractivity contribution is -0.137.